The summed E-state index contributed by atoms with van der Waals surface area (Å²) in [4.78, 5) is 4.53. The number of pyridine rings is 1. The van der Waals surface area contributed by atoms with E-state index >= 15 is 0 Å². The van der Waals surface area contributed by atoms with Crippen LogP contribution in [-0.2, 0) is 20.3 Å². The second kappa shape index (κ2) is 8.90. The van der Waals surface area contributed by atoms with Crippen molar-refractivity contribution in [2.45, 2.75) is 50.9 Å². The van der Waals surface area contributed by atoms with Gasteiger partial charge in [-0.05, 0) is 32.6 Å². The van der Waals surface area contributed by atoms with Gasteiger partial charge in [0.15, 0.2) is 5.75 Å². The van der Waals surface area contributed by atoms with Crippen LogP contribution in [0.25, 0.3) is 22.2 Å². The summed E-state index contributed by atoms with van der Waals surface area (Å²) in [5.74, 6) is 0.556. The molecule has 0 spiro atoms. The Morgan fingerprint density at radius 2 is 1.83 bits per heavy atom. The summed E-state index contributed by atoms with van der Waals surface area (Å²) in [6, 6.07) is 2.09. The summed E-state index contributed by atoms with van der Waals surface area (Å²) in [7, 11) is 3.32. The first kappa shape index (κ1) is 23.2. The van der Waals surface area contributed by atoms with Crippen molar-refractivity contribution in [3.8, 4) is 17.0 Å². The zero-order valence-electron chi connectivity index (χ0n) is 19.7. The van der Waals surface area contributed by atoms with Gasteiger partial charge < -0.3 is 10.1 Å². The van der Waals surface area contributed by atoms with Crippen molar-refractivity contribution >= 4 is 16.7 Å². The molecule has 1 aliphatic carbocycles. The Labute approximate surface area is 199 Å². The maximum absolute atomic E-state index is 13.3. The highest BCUT2D eigenvalue weighted by Crippen LogP contribution is 2.39. The number of ether oxygens (including phenoxy) is 1. The Morgan fingerprint density at radius 3 is 2.49 bits per heavy atom. The molecule has 0 unspecified atom stereocenters. The molecule has 0 aliphatic heterocycles. The largest absolute Gasteiger partial charge is 0.486 e. The molecular formula is C23H27F3N8O. The molecular weight excluding hydrogens is 461 g/mol. The van der Waals surface area contributed by atoms with Gasteiger partial charge in [0.1, 0.15) is 11.5 Å². The molecule has 12 heteroatoms. The molecule has 0 atom stereocenters. The van der Waals surface area contributed by atoms with E-state index < -0.39 is 11.9 Å². The Bertz CT molecular complexity index is 1330. The Morgan fingerprint density at radius 1 is 1.06 bits per heavy atom. The van der Waals surface area contributed by atoms with Crippen molar-refractivity contribution in [1.29, 1.82) is 0 Å². The number of nitrogens with one attached hydrogen (secondary N) is 1. The number of nitrogens with zero attached hydrogens (tertiary/aromatic N) is 7. The smallest absolute Gasteiger partial charge is 0.438 e. The predicted octanol–water partition coefficient (Wildman–Crippen LogP) is 4.58. The van der Waals surface area contributed by atoms with Crippen LogP contribution >= 0.6 is 0 Å². The number of alkyl halides is 3. The SMILES string of the molecule is CCNc1cc2c(cn1)c(-c1cnn(C)c1)nn2[C@H]1CC[C@@H](Oc2cn(C)nc2C(F)(F)F)CC1. The standard InChI is InChI=1S/C23H27F3N8O/c1-4-27-20-9-18-17(11-28-20)21(14-10-29-32(2)12-14)30-34(18)15-5-7-16(8-6-15)35-19-13-33(3)31-22(19)23(24,25)26/h9-13,15-16H,4-8H2,1-3H3,(H,27,28)/t15-,16+. The topological polar surface area (TPSA) is 87.6 Å². The van der Waals surface area contributed by atoms with E-state index in [9.17, 15) is 13.2 Å². The van der Waals surface area contributed by atoms with E-state index in [2.05, 4.69) is 20.5 Å². The van der Waals surface area contributed by atoms with Crippen LogP contribution in [0, 0.1) is 0 Å². The number of fused-ring (bicyclic) bond motifs is 1. The first-order valence-electron chi connectivity index (χ1n) is 11.6. The molecule has 186 valence electrons. The molecule has 4 aromatic heterocycles. The molecule has 1 saturated carbocycles. The number of aryl methyl sites for hydroxylation is 2. The number of hydrogen-bond donors (Lipinski definition) is 1. The molecule has 0 amide bonds. The van der Waals surface area contributed by atoms with E-state index in [1.165, 1.54) is 13.2 Å². The van der Waals surface area contributed by atoms with Crippen LogP contribution in [0.1, 0.15) is 44.3 Å². The average molecular weight is 489 g/mol. The molecule has 1 N–H and O–H groups in total. The fourth-order valence-corrected chi connectivity index (χ4v) is 4.68. The van der Waals surface area contributed by atoms with Gasteiger partial charge in [-0.2, -0.15) is 28.5 Å². The van der Waals surface area contributed by atoms with Gasteiger partial charge in [0.05, 0.1) is 30.1 Å². The minimum atomic E-state index is -4.55. The van der Waals surface area contributed by atoms with Gasteiger partial charge in [-0.3, -0.25) is 14.0 Å². The maximum Gasteiger partial charge on any atom is 0.438 e. The monoisotopic (exact) mass is 488 g/mol. The quantitative estimate of drug-likeness (QED) is 0.428. The number of hydrogen-bond acceptors (Lipinski definition) is 6. The molecule has 5 rings (SSSR count). The molecule has 0 aromatic carbocycles. The summed E-state index contributed by atoms with van der Waals surface area (Å²) in [5, 5.41) is 16.9. The molecule has 0 bridgehead atoms. The lowest BCUT2D eigenvalue weighted by Gasteiger charge is -2.29. The van der Waals surface area contributed by atoms with E-state index in [0.29, 0.717) is 12.8 Å². The second-order valence-electron chi connectivity index (χ2n) is 8.87. The van der Waals surface area contributed by atoms with Crippen molar-refractivity contribution in [3.05, 3.63) is 36.5 Å². The molecule has 4 heterocycles. The first-order chi connectivity index (χ1) is 16.7. The highest BCUT2D eigenvalue weighted by atomic mass is 19.4. The van der Waals surface area contributed by atoms with Crippen LogP contribution < -0.4 is 10.1 Å². The lowest BCUT2D eigenvalue weighted by atomic mass is 9.93. The lowest BCUT2D eigenvalue weighted by Crippen LogP contribution is -2.27. The summed E-state index contributed by atoms with van der Waals surface area (Å²) < 4.78 is 50.6. The van der Waals surface area contributed by atoms with Gasteiger partial charge in [0.25, 0.3) is 0 Å². The van der Waals surface area contributed by atoms with Gasteiger partial charge in [-0.25, -0.2) is 4.98 Å². The number of halogens is 3. The van der Waals surface area contributed by atoms with Crippen molar-refractivity contribution in [2.24, 2.45) is 14.1 Å². The lowest BCUT2D eigenvalue weighted by molar-refractivity contribution is -0.143. The third-order valence-electron chi connectivity index (χ3n) is 6.27. The molecule has 1 fully saturated rings. The molecule has 4 aromatic rings. The summed E-state index contributed by atoms with van der Waals surface area (Å²) in [6.07, 6.45) is 4.64. The number of anilines is 1. The van der Waals surface area contributed by atoms with Crippen LogP contribution in [0.5, 0.6) is 5.75 Å². The number of aromatic nitrogens is 7. The van der Waals surface area contributed by atoms with Gasteiger partial charge >= 0.3 is 6.18 Å². The fourth-order valence-electron chi connectivity index (χ4n) is 4.68. The Kier molecular flexibility index (Phi) is 5.89. The fraction of sp³-hybridized carbons (Fsp3) is 0.478. The Hall–Kier alpha value is -3.57. The molecule has 9 nitrogen and oxygen atoms in total. The van der Waals surface area contributed by atoms with Crippen LogP contribution in [0.2, 0.25) is 0 Å². The summed E-state index contributed by atoms with van der Waals surface area (Å²) in [6.45, 7) is 2.76. The van der Waals surface area contributed by atoms with Gasteiger partial charge in [-0.15, -0.1) is 0 Å². The van der Waals surface area contributed by atoms with Crippen LogP contribution in [-0.4, -0.2) is 47.0 Å². The summed E-state index contributed by atoms with van der Waals surface area (Å²) >= 11 is 0. The van der Waals surface area contributed by atoms with E-state index in [1.54, 1.807) is 10.9 Å². The first-order valence-corrected chi connectivity index (χ1v) is 11.6. The van der Waals surface area contributed by atoms with E-state index in [4.69, 9.17) is 9.84 Å². The molecule has 35 heavy (non-hydrogen) atoms. The minimum absolute atomic E-state index is 0.0932. The normalized spacial score (nSPS) is 18.8. The minimum Gasteiger partial charge on any atom is -0.486 e. The van der Waals surface area contributed by atoms with Crippen LogP contribution in [0.3, 0.4) is 0 Å². The number of rotatable bonds is 6. The molecule has 0 radical (unpaired) electrons. The van der Waals surface area contributed by atoms with E-state index in [-0.39, 0.29) is 17.9 Å². The maximum atomic E-state index is 13.3. The van der Waals surface area contributed by atoms with Crippen molar-refractivity contribution in [2.75, 3.05) is 11.9 Å². The third kappa shape index (κ3) is 4.56. The predicted molar refractivity (Wildman–Crippen MR) is 124 cm³/mol. The second-order valence-corrected chi connectivity index (χ2v) is 8.87. The highest BCUT2D eigenvalue weighted by Gasteiger charge is 2.39. The third-order valence-corrected chi connectivity index (χ3v) is 6.27. The van der Waals surface area contributed by atoms with Gasteiger partial charge in [-0.1, -0.05) is 0 Å². The van der Waals surface area contributed by atoms with Crippen LogP contribution in [0.15, 0.2) is 30.9 Å². The Balaban J connectivity index is 1.39. The van der Waals surface area contributed by atoms with Crippen LogP contribution in [0.4, 0.5) is 19.0 Å². The zero-order chi connectivity index (χ0) is 24.7. The zero-order valence-corrected chi connectivity index (χ0v) is 19.7. The van der Waals surface area contributed by atoms with Gasteiger partial charge in [0, 0.05) is 50.0 Å². The van der Waals surface area contributed by atoms with E-state index in [1.807, 2.05) is 37.1 Å². The molecule has 0 saturated heterocycles. The highest BCUT2D eigenvalue weighted by molar-refractivity contribution is 5.93. The van der Waals surface area contributed by atoms with E-state index in [0.717, 1.165) is 52.0 Å². The van der Waals surface area contributed by atoms with Crippen molar-refractivity contribution in [1.82, 2.24) is 34.3 Å². The van der Waals surface area contributed by atoms with Crippen molar-refractivity contribution < 1.29 is 17.9 Å². The summed E-state index contributed by atoms with van der Waals surface area (Å²) in [5.41, 5.74) is 1.70. The van der Waals surface area contributed by atoms with Crippen molar-refractivity contribution in [3.63, 3.8) is 0 Å². The van der Waals surface area contributed by atoms with Gasteiger partial charge in [0.2, 0.25) is 5.69 Å². The molecule has 1 aliphatic rings. The average Bonchev–Trinajstić information content (AvgIpc) is 3.51.